The zero-order valence-corrected chi connectivity index (χ0v) is 11.1. The van der Waals surface area contributed by atoms with Crippen molar-refractivity contribution in [2.75, 3.05) is 0 Å². The molecule has 6 heteroatoms. The number of aliphatic carboxylic acids is 1. The third kappa shape index (κ3) is 3.79. The van der Waals surface area contributed by atoms with E-state index in [1.54, 1.807) is 24.3 Å². The fourth-order valence-electron chi connectivity index (χ4n) is 1.85. The lowest BCUT2D eigenvalue weighted by atomic mass is 10.1. The number of carbonyl (C=O) groups excluding carboxylic acids is 1. The molecule has 2 rings (SSSR count). The number of carboxylic acids is 1. The first-order valence-corrected chi connectivity index (χ1v) is 6.29. The van der Waals surface area contributed by atoms with Gasteiger partial charge in [-0.2, -0.15) is 0 Å². The highest BCUT2D eigenvalue weighted by atomic mass is 16.4. The summed E-state index contributed by atoms with van der Waals surface area (Å²) in [6, 6.07) is 10.7. The molecular weight excluding hydrogens is 272 g/mol. The van der Waals surface area contributed by atoms with Crippen LogP contribution in [0.5, 0.6) is 5.75 Å². The summed E-state index contributed by atoms with van der Waals surface area (Å²) in [7, 11) is 0. The van der Waals surface area contributed by atoms with Crippen LogP contribution in [-0.2, 0) is 11.2 Å². The van der Waals surface area contributed by atoms with E-state index in [0.29, 0.717) is 0 Å². The second-order valence-corrected chi connectivity index (χ2v) is 4.43. The van der Waals surface area contributed by atoms with Crippen molar-refractivity contribution in [1.82, 2.24) is 10.3 Å². The molecule has 1 aromatic carbocycles. The molecule has 1 heterocycles. The van der Waals surface area contributed by atoms with E-state index in [4.69, 9.17) is 0 Å². The summed E-state index contributed by atoms with van der Waals surface area (Å²) < 4.78 is 0. The van der Waals surface area contributed by atoms with Crippen molar-refractivity contribution in [1.29, 1.82) is 0 Å². The summed E-state index contributed by atoms with van der Waals surface area (Å²) in [5.41, 5.74) is 0.590. The molecule has 1 atom stereocenters. The lowest BCUT2D eigenvalue weighted by Crippen LogP contribution is -2.42. The Morgan fingerprint density at radius 3 is 2.48 bits per heavy atom. The fourth-order valence-corrected chi connectivity index (χ4v) is 1.85. The van der Waals surface area contributed by atoms with E-state index in [1.165, 1.54) is 18.3 Å². The molecular formula is C15H14N2O4. The summed E-state index contributed by atoms with van der Waals surface area (Å²) in [6.07, 6.45) is 1.50. The molecule has 0 radical (unpaired) electrons. The van der Waals surface area contributed by atoms with Gasteiger partial charge in [-0.3, -0.25) is 4.79 Å². The first-order valence-electron chi connectivity index (χ1n) is 6.29. The average molecular weight is 286 g/mol. The van der Waals surface area contributed by atoms with Gasteiger partial charge in [0, 0.05) is 12.6 Å². The molecule has 0 aliphatic rings. The molecule has 0 saturated heterocycles. The van der Waals surface area contributed by atoms with Crippen LogP contribution in [0.25, 0.3) is 0 Å². The molecule has 0 spiro atoms. The maximum Gasteiger partial charge on any atom is 0.326 e. The average Bonchev–Trinajstić information content (AvgIpc) is 2.48. The summed E-state index contributed by atoms with van der Waals surface area (Å²) in [5.74, 6) is -2.17. The van der Waals surface area contributed by atoms with Crippen LogP contribution < -0.4 is 5.32 Å². The van der Waals surface area contributed by atoms with E-state index < -0.39 is 17.9 Å². The first kappa shape index (κ1) is 14.5. The van der Waals surface area contributed by atoms with Gasteiger partial charge in [-0.05, 0) is 17.7 Å². The van der Waals surface area contributed by atoms with E-state index in [1.807, 2.05) is 6.07 Å². The van der Waals surface area contributed by atoms with Gasteiger partial charge in [0.1, 0.15) is 11.8 Å². The summed E-state index contributed by atoms with van der Waals surface area (Å²) in [4.78, 5) is 27.0. The predicted molar refractivity (Wildman–Crippen MR) is 74.9 cm³/mol. The number of benzene rings is 1. The number of amides is 1. The molecule has 0 unspecified atom stereocenters. The van der Waals surface area contributed by atoms with Crippen LogP contribution in [0.1, 0.15) is 16.1 Å². The normalized spacial score (nSPS) is 11.6. The van der Waals surface area contributed by atoms with Crippen LogP contribution in [0.15, 0.2) is 48.7 Å². The molecule has 0 bridgehead atoms. The Morgan fingerprint density at radius 2 is 1.86 bits per heavy atom. The summed E-state index contributed by atoms with van der Waals surface area (Å²) >= 11 is 0. The van der Waals surface area contributed by atoms with E-state index in [2.05, 4.69) is 10.3 Å². The largest absolute Gasteiger partial charge is 0.505 e. The van der Waals surface area contributed by atoms with Crippen LogP contribution >= 0.6 is 0 Å². The third-order valence-electron chi connectivity index (χ3n) is 2.89. The molecule has 2 aromatic rings. The Labute approximate surface area is 121 Å². The quantitative estimate of drug-likeness (QED) is 0.767. The monoisotopic (exact) mass is 286 g/mol. The molecule has 6 nitrogen and oxygen atoms in total. The number of carbonyl (C=O) groups is 2. The molecule has 21 heavy (non-hydrogen) atoms. The lowest BCUT2D eigenvalue weighted by Gasteiger charge is -2.14. The summed E-state index contributed by atoms with van der Waals surface area (Å²) in [5, 5.41) is 21.1. The van der Waals surface area contributed by atoms with Crippen LogP contribution in [-0.4, -0.2) is 33.1 Å². The number of aromatic nitrogens is 1. The number of nitrogens with one attached hydrogen (secondary N) is 1. The first-order chi connectivity index (χ1) is 10.1. The molecule has 108 valence electrons. The van der Waals surface area contributed by atoms with Gasteiger partial charge in [0.25, 0.3) is 5.91 Å². The van der Waals surface area contributed by atoms with Gasteiger partial charge in [0.2, 0.25) is 0 Å². The molecule has 3 N–H and O–H groups in total. The van der Waals surface area contributed by atoms with Crippen LogP contribution in [0, 0.1) is 0 Å². The topological polar surface area (TPSA) is 99.5 Å². The van der Waals surface area contributed by atoms with E-state index in [0.717, 1.165) is 5.56 Å². The Kier molecular flexibility index (Phi) is 4.50. The number of pyridine rings is 1. The number of hydrogen-bond donors (Lipinski definition) is 3. The maximum atomic E-state index is 12.0. The second-order valence-electron chi connectivity index (χ2n) is 4.43. The van der Waals surface area contributed by atoms with E-state index in [9.17, 15) is 19.8 Å². The number of nitrogens with zero attached hydrogens (tertiary/aromatic N) is 1. The maximum absolute atomic E-state index is 12.0. The number of carboxylic acid groups (broad SMARTS) is 1. The van der Waals surface area contributed by atoms with Gasteiger partial charge in [-0.1, -0.05) is 30.3 Å². The Balaban J connectivity index is 2.12. The standard InChI is InChI=1S/C15H14N2O4/c18-12-7-4-8-16-13(12)14(19)17-11(15(20)21)9-10-5-2-1-3-6-10/h1-8,11,18H,9H2,(H,17,19)(H,20,21)/t11-/m0/s1. The van der Waals surface area contributed by atoms with Crippen molar-refractivity contribution in [3.63, 3.8) is 0 Å². The van der Waals surface area contributed by atoms with Crippen LogP contribution in [0.2, 0.25) is 0 Å². The third-order valence-corrected chi connectivity index (χ3v) is 2.89. The van der Waals surface area contributed by atoms with Crippen LogP contribution in [0.3, 0.4) is 0 Å². The van der Waals surface area contributed by atoms with Crippen molar-refractivity contribution in [2.24, 2.45) is 0 Å². The zero-order chi connectivity index (χ0) is 15.2. The van der Waals surface area contributed by atoms with Gasteiger partial charge in [0.15, 0.2) is 5.69 Å². The molecule has 1 aromatic heterocycles. The minimum absolute atomic E-state index is 0.148. The van der Waals surface area contributed by atoms with Gasteiger partial charge >= 0.3 is 5.97 Å². The highest BCUT2D eigenvalue weighted by molar-refractivity contribution is 5.97. The molecule has 0 saturated carbocycles. The molecule has 0 aliphatic heterocycles. The number of aromatic hydroxyl groups is 1. The van der Waals surface area contributed by atoms with Crippen LogP contribution in [0.4, 0.5) is 0 Å². The zero-order valence-electron chi connectivity index (χ0n) is 11.1. The SMILES string of the molecule is O=C(N[C@@H](Cc1ccccc1)C(=O)O)c1ncccc1O. The highest BCUT2D eigenvalue weighted by Crippen LogP contribution is 2.13. The predicted octanol–water partition coefficient (Wildman–Crippen LogP) is 1.21. The van der Waals surface area contributed by atoms with E-state index >= 15 is 0 Å². The van der Waals surface area contributed by atoms with E-state index in [-0.39, 0.29) is 17.9 Å². The lowest BCUT2D eigenvalue weighted by molar-refractivity contribution is -0.139. The van der Waals surface area contributed by atoms with Crippen molar-refractivity contribution in [3.05, 3.63) is 59.9 Å². The minimum Gasteiger partial charge on any atom is -0.505 e. The highest BCUT2D eigenvalue weighted by Gasteiger charge is 2.23. The number of rotatable bonds is 5. The van der Waals surface area contributed by atoms with Crippen molar-refractivity contribution in [3.8, 4) is 5.75 Å². The van der Waals surface area contributed by atoms with Crippen molar-refractivity contribution < 1.29 is 19.8 Å². The Hall–Kier alpha value is -2.89. The van der Waals surface area contributed by atoms with Gasteiger partial charge in [-0.25, -0.2) is 9.78 Å². The van der Waals surface area contributed by atoms with Gasteiger partial charge in [0.05, 0.1) is 0 Å². The Bertz CT molecular complexity index is 643. The van der Waals surface area contributed by atoms with Gasteiger partial charge in [-0.15, -0.1) is 0 Å². The van der Waals surface area contributed by atoms with Crippen molar-refractivity contribution >= 4 is 11.9 Å². The number of hydrogen-bond acceptors (Lipinski definition) is 4. The second kappa shape index (κ2) is 6.51. The van der Waals surface area contributed by atoms with Gasteiger partial charge < -0.3 is 15.5 Å². The van der Waals surface area contributed by atoms with Crippen molar-refractivity contribution in [2.45, 2.75) is 12.5 Å². The minimum atomic E-state index is -1.15. The Morgan fingerprint density at radius 1 is 1.14 bits per heavy atom. The molecule has 1 amide bonds. The molecule has 0 fully saturated rings. The smallest absolute Gasteiger partial charge is 0.326 e. The summed E-state index contributed by atoms with van der Waals surface area (Å²) in [6.45, 7) is 0. The fraction of sp³-hybridized carbons (Fsp3) is 0.133. The molecule has 0 aliphatic carbocycles.